The second-order valence-electron chi connectivity index (χ2n) is 5.52. The number of anilines is 2. The van der Waals surface area contributed by atoms with Gasteiger partial charge in [-0.3, -0.25) is 9.78 Å². The highest BCUT2D eigenvalue weighted by Gasteiger charge is 2.18. The smallest absolute Gasteiger partial charge is 0.270 e. The van der Waals surface area contributed by atoms with Crippen molar-refractivity contribution in [2.24, 2.45) is 0 Å². The van der Waals surface area contributed by atoms with Gasteiger partial charge < -0.3 is 10.6 Å². The van der Waals surface area contributed by atoms with Gasteiger partial charge in [0.05, 0.1) is 0 Å². The van der Waals surface area contributed by atoms with Gasteiger partial charge in [-0.25, -0.2) is 4.39 Å². The van der Waals surface area contributed by atoms with Crippen LogP contribution in [-0.2, 0) is 0 Å². The van der Waals surface area contributed by atoms with Gasteiger partial charge in [0.25, 0.3) is 5.91 Å². The molecule has 0 spiro atoms. The van der Waals surface area contributed by atoms with Crippen molar-refractivity contribution >= 4 is 17.3 Å². The number of nitrogens with zero attached hydrogens (tertiary/aromatic N) is 1. The zero-order chi connectivity index (χ0) is 15.4. The maximum Gasteiger partial charge on any atom is 0.270 e. The van der Waals surface area contributed by atoms with E-state index in [-0.39, 0.29) is 17.8 Å². The van der Waals surface area contributed by atoms with Gasteiger partial charge in [0.15, 0.2) is 0 Å². The van der Waals surface area contributed by atoms with Crippen LogP contribution in [0, 0.1) is 5.82 Å². The quantitative estimate of drug-likeness (QED) is 0.906. The van der Waals surface area contributed by atoms with Crippen LogP contribution in [0.25, 0.3) is 0 Å². The Morgan fingerprint density at radius 1 is 1.09 bits per heavy atom. The van der Waals surface area contributed by atoms with Gasteiger partial charge in [-0.2, -0.15) is 0 Å². The Morgan fingerprint density at radius 2 is 1.82 bits per heavy atom. The summed E-state index contributed by atoms with van der Waals surface area (Å²) < 4.78 is 12.9. The van der Waals surface area contributed by atoms with Gasteiger partial charge in [-0.1, -0.05) is 12.8 Å². The minimum atomic E-state index is -0.281. The zero-order valence-corrected chi connectivity index (χ0v) is 12.2. The van der Waals surface area contributed by atoms with E-state index in [9.17, 15) is 9.18 Å². The molecule has 0 bridgehead atoms. The number of amides is 1. The molecule has 0 radical (unpaired) electrons. The van der Waals surface area contributed by atoms with Gasteiger partial charge >= 0.3 is 0 Å². The third-order valence-electron chi connectivity index (χ3n) is 3.82. The Kier molecular flexibility index (Phi) is 4.32. The Bertz CT molecular complexity index is 651. The van der Waals surface area contributed by atoms with E-state index in [0.717, 1.165) is 24.2 Å². The predicted molar refractivity (Wildman–Crippen MR) is 83.6 cm³/mol. The topological polar surface area (TPSA) is 54.0 Å². The number of hydrogen-bond donors (Lipinski definition) is 2. The molecule has 1 heterocycles. The lowest BCUT2D eigenvalue weighted by Crippen LogP contribution is -2.33. The first-order valence-electron chi connectivity index (χ1n) is 7.50. The fraction of sp³-hybridized carbons (Fsp3) is 0.294. The number of halogens is 1. The number of hydrogen-bond acceptors (Lipinski definition) is 3. The van der Waals surface area contributed by atoms with Crippen LogP contribution in [0.1, 0.15) is 36.2 Å². The van der Waals surface area contributed by atoms with E-state index in [1.165, 1.54) is 25.0 Å². The number of aromatic nitrogens is 1. The molecule has 1 aromatic heterocycles. The van der Waals surface area contributed by atoms with Crippen LogP contribution in [-0.4, -0.2) is 16.9 Å². The van der Waals surface area contributed by atoms with Crippen molar-refractivity contribution in [2.45, 2.75) is 31.7 Å². The summed E-state index contributed by atoms with van der Waals surface area (Å²) in [6.07, 6.45) is 6.02. The van der Waals surface area contributed by atoms with Crippen molar-refractivity contribution < 1.29 is 9.18 Å². The minimum absolute atomic E-state index is 0.144. The fourth-order valence-electron chi connectivity index (χ4n) is 2.66. The molecule has 1 aliphatic rings. The third-order valence-corrected chi connectivity index (χ3v) is 3.82. The normalized spacial score (nSPS) is 14.8. The summed E-state index contributed by atoms with van der Waals surface area (Å²) >= 11 is 0. The standard InChI is InChI=1S/C17H18FN3O/c18-12-5-7-14(8-6-12)20-15-9-10-19-16(11-15)17(22)21-13-3-1-2-4-13/h5-11,13H,1-4H2,(H,19,20)(H,21,22). The Balaban J connectivity index is 1.68. The SMILES string of the molecule is O=C(NC1CCCC1)c1cc(Nc2ccc(F)cc2)ccn1. The average molecular weight is 299 g/mol. The van der Waals surface area contributed by atoms with Crippen LogP contribution in [0.2, 0.25) is 0 Å². The molecule has 1 aromatic carbocycles. The monoisotopic (exact) mass is 299 g/mol. The maximum atomic E-state index is 12.9. The molecule has 1 saturated carbocycles. The van der Waals surface area contributed by atoms with Gasteiger partial charge in [0.1, 0.15) is 11.5 Å². The van der Waals surface area contributed by atoms with E-state index in [1.54, 1.807) is 30.5 Å². The summed E-state index contributed by atoms with van der Waals surface area (Å²) in [5.41, 5.74) is 1.90. The highest BCUT2D eigenvalue weighted by atomic mass is 19.1. The first-order valence-corrected chi connectivity index (χ1v) is 7.50. The third kappa shape index (κ3) is 3.61. The molecule has 1 aliphatic carbocycles. The van der Waals surface area contributed by atoms with Crippen LogP contribution in [0.3, 0.4) is 0 Å². The number of carbonyl (C=O) groups excluding carboxylic acids is 1. The Labute approximate surface area is 128 Å². The van der Waals surface area contributed by atoms with E-state index in [4.69, 9.17) is 0 Å². The molecular weight excluding hydrogens is 281 g/mol. The summed E-state index contributed by atoms with van der Waals surface area (Å²) in [6, 6.07) is 9.81. The molecule has 0 unspecified atom stereocenters. The molecule has 22 heavy (non-hydrogen) atoms. The summed E-state index contributed by atoms with van der Waals surface area (Å²) in [6.45, 7) is 0. The van der Waals surface area contributed by atoms with Crippen molar-refractivity contribution in [2.75, 3.05) is 5.32 Å². The molecular formula is C17H18FN3O. The summed E-state index contributed by atoms with van der Waals surface area (Å²) in [5.74, 6) is -0.424. The van der Waals surface area contributed by atoms with Gasteiger partial charge in [-0.15, -0.1) is 0 Å². The van der Waals surface area contributed by atoms with Crippen LogP contribution in [0.5, 0.6) is 0 Å². The van der Waals surface area contributed by atoms with E-state index in [2.05, 4.69) is 15.6 Å². The predicted octanol–water partition coefficient (Wildman–Crippen LogP) is 3.64. The van der Waals surface area contributed by atoms with Crippen molar-refractivity contribution in [3.63, 3.8) is 0 Å². The second-order valence-corrected chi connectivity index (χ2v) is 5.52. The van der Waals surface area contributed by atoms with Gasteiger partial charge in [0, 0.05) is 23.6 Å². The lowest BCUT2D eigenvalue weighted by molar-refractivity contribution is 0.0933. The average Bonchev–Trinajstić information content (AvgIpc) is 3.03. The fourth-order valence-corrected chi connectivity index (χ4v) is 2.66. The lowest BCUT2D eigenvalue weighted by atomic mass is 10.2. The van der Waals surface area contributed by atoms with E-state index >= 15 is 0 Å². The summed E-state index contributed by atoms with van der Waals surface area (Å²) in [4.78, 5) is 16.3. The first kappa shape index (κ1) is 14.5. The van der Waals surface area contributed by atoms with Crippen molar-refractivity contribution in [3.8, 4) is 0 Å². The highest BCUT2D eigenvalue weighted by Crippen LogP contribution is 2.19. The number of rotatable bonds is 4. The van der Waals surface area contributed by atoms with Crippen LogP contribution >= 0.6 is 0 Å². The van der Waals surface area contributed by atoms with Crippen LogP contribution in [0.15, 0.2) is 42.6 Å². The number of carbonyl (C=O) groups is 1. The van der Waals surface area contributed by atoms with Crippen molar-refractivity contribution in [1.82, 2.24) is 10.3 Å². The largest absolute Gasteiger partial charge is 0.355 e. The summed E-state index contributed by atoms with van der Waals surface area (Å²) in [7, 11) is 0. The molecule has 0 atom stereocenters. The van der Waals surface area contributed by atoms with E-state index in [0.29, 0.717) is 5.69 Å². The number of pyridine rings is 1. The zero-order valence-electron chi connectivity index (χ0n) is 12.2. The second kappa shape index (κ2) is 6.56. The molecule has 5 heteroatoms. The van der Waals surface area contributed by atoms with Gasteiger partial charge in [0.2, 0.25) is 0 Å². The summed E-state index contributed by atoms with van der Waals surface area (Å²) in [5, 5.41) is 6.15. The number of nitrogens with one attached hydrogen (secondary N) is 2. The molecule has 4 nitrogen and oxygen atoms in total. The van der Waals surface area contributed by atoms with Crippen LogP contribution < -0.4 is 10.6 Å². The Hall–Kier alpha value is -2.43. The molecule has 114 valence electrons. The first-order chi connectivity index (χ1) is 10.7. The highest BCUT2D eigenvalue weighted by molar-refractivity contribution is 5.93. The van der Waals surface area contributed by atoms with Gasteiger partial charge in [-0.05, 0) is 49.2 Å². The van der Waals surface area contributed by atoms with E-state index < -0.39 is 0 Å². The molecule has 1 fully saturated rings. The van der Waals surface area contributed by atoms with E-state index in [1.807, 2.05) is 0 Å². The molecule has 0 aliphatic heterocycles. The molecule has 1 amide bonds. The lowest BCUT2D eigenvalue weighted by Gasteiger charge is -2.12. The number of benzene rings is 1. The maximum absolute atomic E-state index is 12.9. The molecule has 2 aromatic rings. The molecule has 3 rings (SSSR count). The van der Waals surface area contributed by atoms with Crippen molar-refractivity contribution in [3.05, 3.63) is 54.1 Å². The Morgan fingerprint density at radius 3 is 2.55 bits per heavy atom. The molecule has 2 N–H and O–H groups in total. The molecule has 0 saturated heterocycles. The van der Waals surface area contributed by atoms with Crippen LogP contribution in [0.4, 0.5) is 15.8 Å². The van der Waals surface area contributed by atoms with Crippen molar-refractivity contribution in [1.29, 1.82) is 0 Å². The minimum Gasteiger partial charge on any atom is -0.355 e.